The summed E-state index contributed by atoms with van der Waals surface area (Å²) in [4.78, 5) is 11.9. The van der Waals surface area contributed by atoms with E-state index in [1.165, 1.54) is 6.26 Å². The van der Waals surface area contributed by atoms with Crippen molar-refractivity contribution in [3.63, 3.8) is 0 Å². The fraction of sp³-hybridized carbons (Fsp3) is 0.133. The summed E-state index contributed by atoms with van der Waals surface area (Å²) in [6.07, 6.45) is 1.47. The molecule has 0 bridgehead atoms. The molecule has 3 rings (SSSR count). The van der Waals surface area contributed by atoms with E-state index in [-0.39, 0.29) is 12.7 Å². The van der Waals surface area contributed by atoms with Crippen molar-refractivity contribution in [2.75, 3.05) is 6.79 Å². The van der Waals surface area contributed by atoms with Gasteiger partial charge in [-0.2, -0.15) is 0 Å². The third-order valence-electron chi connectivity index (χ3n) is 3.15. The molecule has 0 fully saturated rings. The van der Waals surface area contributed by atoms with Crippen LogP contribution >= 0.6 is 0 Å². The highest BCUT2D eigenvalue weighted by Gasteiger charge is 2.15. The number of carbonyl (C=O) groups excluding carboxylic acids is 1. The number of hydrazine groups is 1. The van der Waals surface area contributed by atoms with Crippen LogP contribution in [0.25, 0.3) is 5.70 Å². The average Bonchev–Trinajstić information content (AvgIpc) is 3.11. The monoisotopic (exact) mass is 286 g/mol. The van der Waals surface area contributed by atoms with Crippen LogP contribution in [-0.2, 0) is 0 Å². The van der Waals surface area contributed by atoms with E-state index in [0.717, 1.165) is 5.56 Å². The van der Waals surface area contributed by atoms with Crippen molar-refractivity contribution in [1.29, 1.82) is 0 Å². The molecule has 1 aliphatic rings. The maximum absolute atomic E-state index is 11.9. The molecule has 0 unspecified atom stereocenters. The molecule has 0 spiro atoms. The van der Waals surface area contributed by atoms with Crippen LogP contribution in [-0.4, -0.2) is 12.7 Å². The van der Waals surface area contributed by atoms with Gasteiger partial charge in [0.2, 0.25) is 6.79 Å². The van der Waals surface area contributed by atoms with Crippen molar-refractivity contribution in [2.45, 2.75) is 6.92 Å². The number of amides is 1. The van der Waals surface area contributed by atoms with Crippen molar-refractivity contribution in [3.05, 3.63) is 54.0 Å². The zero-order valence-electron chi connectivity index (χ0n) is 11.4. The lowest BCUT2D eigenvalue weighted by molar-refractivity contribution is 0.0941. The van der Waals surface area contributed by atoms with Crippen LogP contribution in [0, 0.1) is 6.92 Å². The van der Waals surface area contributed by atoms with E-state index in [4.69, 9.17) is 13.9 Å². The molecular weight excluding hydrogens is 272 g/mol. The SMILES string of the molecule is C=C(NNC(=O)c1ccoc1C)c1ccc2c(c1)OCO2. The Kier molecular flexibility index (Phi) is 3.27. The van der Waals surface area contributed by atoms with Crippen LogP contribution in [0.4, 0.5) is 0 Å². The van der Waals surface area contributed by atoms with E-state index < -0.39 is 0 Å². The minimum Gasteiger partial charge on any atom is -0.469 e. The van der Waals surface area contributed by atoms with Gasteiger partial charge in [-0.3, -0.25) is 15.6 Å². The number of hydrogen-bond acceptors (Lipinski definition) is 5. The van der Waals surface area contributed by atoms with Gasteiger partial charge in [-0.15, -0.1) is 0 Å². The number of nitrogens with one attached hydrogen (secondary N) is 2. The Morgan fingerprint density at radius 3 is 2.76 bits per heavy atom. The highest BCUT2D eigenvalue weighted by molar-refractivity contribution is 5.95. The summed E-state index contributed by atoms with van der Waals surface area (Å²) in [6, 6.07) is 7.04. The molecule has 0 atom stereocenters. The van der Waals surface area contributed by atoms with E-state index in [1.54, 1.807) is 25.1 Å². The van der Waals surface area contributed by atoms with Crippen LogP contribution in [0.1, 0.15) is 21.7 Å². The Bertz CT molecular complexity index is 705. The van der Waals surface area contributed by atoms with Gasteiger partial charge in [0.15, 0.2) is 11.5 Å². The van der Waals surface area contributed by atoms with Gasteiger partial charge < -0.3 is 13.9 Å². The largest absolute Gasteiger partial charge is 0.469 e. The van der Waals surface area contributed by atoms with Crippen molar-refractivity contribution < 1.29 is 18.7 Å². The molecular formula is C15H14N2O4. The lowest BCUT2D eigenvalue weighted by atomic mass is 10.1. The number of aryl methyl sites for hydroxylation is 1. The molecule has 0 saturated heterocycles. The second kappa shape index (κ2) is 5.24. The molecule has 2 aromatic rings. The maximum atomic E-state index is 11.9. The van der Waals surface area contributed by atoms with Gasteiger partial charge in [0.1, 0.15) is 5.76 Å². The Balaban J connectivity index is 1.64. The minimum atomic E-state index is -0.289. The number of furan rings is 1. The van der Waals surface area contributed by atoms with Crippen LogP contribution in [0.3, 0.4) is 0 Å². The molecule has 1 aromatic heterocycles. The number of carbonyl (C=O) groups is 1. The maximum Gasteiger partial charge on any atom is 0.273 e. The molecule has 1 aromatic carbocycles. The lowest BCUT2D eigenvalue weighted by Crippen LogP contribution is -2.35. The Labute approximate surface area is 121 Å². The molecule has 0 radical (unpaired) electrons. The second-order valence-corrected chi connectivity index (χ2v) is 4.52. The first-order valence-corrected chi connectivity index (χ1v) is 6.34. The summed E-state index contributed by atoms with van der Waals surface area (Å²) in [5.41, 5.74) is 7.16. The van der Waals surface area contributed by atoms with Gasteiger partial charge in [-0.1, -0.05) is 6.58 Å². The topological polar surface area (TPSA) is 72.7 Å². The fourth-order valence-corrected chi connectivity index (χ4v) is 1.98. The molecule has 0 aliphatic carbocycles. The third-order valence-corrected chi connectivity index (χ3v) is 3.15. The first kappa shape index (κ1) is 13.1. The summed E-state index contributed by atoms with van der Waals surface area (Å²) < 4.78 is 15.6. The van der Waals surface area contributed by atoms with Crippen molar-refractivity contribution in [1.82, 2.24) is 10.9 Å². The molecule has 2 N–H and O–H groups in total. The lowest BCUT2D eigenvalue weighted by Gasteiger charge is -2.11. The minimum absolute atomic E-state index is 0.217. The van der Waals surface area contributed by atoms with Crippen LogP contribution < -0.4 is 20.3 Å². The van der Waals surface area contributed by atoms with Gasteiger partial charge in [0.25, 0.3) is 5.91 Å². The summed E-state index contributed by atoms with van der Waals surface area (Å²) in [5, 5.41) is 0. The fourth-order valence-electron chi connectivity index (χ4n) is 1.98. The first-order chi connectivity index (χ1) is 10.1. The number of rotatable bonds is 4. The molecule has 2 heterocycles. The van der Waals surface area contributed by atoms with Gasteiger partial charge in [-0.05, 0) is 31.2 Å². The Morgan fingerprint density at radius 1 is 1.19 bits per heavy atom. The van der Waals surface area contributed by atoms with Gasteiger partial charge in [-0.25, -0.2) is 0 Å². The van der Waals surface area contributed by atoms with Crippen molar-refractivity contribution >= 4 is 11.6 Å². The van der Waals surface area contributed by atoms with E-state index in [0.29, 0.717) is 28.5 Å². The second-order valence-electron chi connectivity index (χ2n) is 4.52. The van der Waals surface area contributed by atoms with Crippen molar-refractivity contribution in [2.24, 2.45) is 0 Å². The van der Waals surface area contributed by atoms with E-state index in [1.807, 2.05) is 6.07 Å². The van der Waals surface area contributed by atoms with Crippen LogP contribution in [0.2, 0.25) is 0 Å². The predicted octanol–water partition coefficient (Wildman–Crippen LogP) is 2.22. The summed E-state index contributed by atoms with van der Waals surface area (Å²) >= 11 is 0. The summed E-state index contributed by atoms with van der Waals surface area (Å²) in [6.45, 7) is 5.82. The standard InChI is InChI=1S/C15H14N2O4/c1-9(11-3-4-13-14(7-11)21-8-20-13)16-17-15(18)12-5-6-19-10(12)2/h3-7,16H,1,8H2,2H3,(H,17,18). The van der Waals surface area contributed by atoms with Gasteiger partial charge in [0.05, 0.1) is 17.5 Å². The molecule has 6 nitrogen and oxygen atoms in total. The quantitative estimate of drug-likeness (QED) is 0.843. The number of fused-ring (bicyclic) bond motifs is 1. The Morgan fingerprint density at radius 2 is 2.00 bits per heavy atom. The number of ether oxygens (including phenoxy) is 2. The summed E-state index contributed by atoms with van der Waals surface area (Å²) in [5.74, 6) is 1.63. The zero-order valence-corrected chi connectivity index (χ0v) is 11.4. The number of hydrogen-bond donors (Lipinski definition) is 2. The Hall–Kier alpha value is -2.89. The highest BCUT2D eigenvalue weighted by Crippen LogP contribution is 2.33. The molecule has 21 heavy (non-hydrogen) atoms. The molecule has 1 aliphatic heterocycles. The van der Waals surface area contributed by atoms with Gasteiger partial charge >= 0.3 is 0 Å². The molecule has 0 saturated carbocycles. The number of benzene rings is 1. The van der Waals surface area contributed by atoms with E-state index in [2.05, 4.69) is 17.4 Å². The van der Waals surface area contributed by atoms with Gasteiger partial charge in [0, 0.05) is 5.56 Å². The van der Waals surface area contributed by atoms with Crippen LogP contribution in [0.5, 0.6) is 11.5 Å². The van der Waals surface area contributed by atoms with E-state index in [9.17, 15) is 4.79 Å². The average molecular weight is 286 g/mol. The van der Waals surface area contributed by atoms with E-state index >= 15 is 0 Å². The predicted molar refractivity (Wildman–Crippen MR) is 75.6 cm³/mol. The normalized spacial score (nSPS) is 12.0. The molecule has 6 heteroatoms. The summed E-state index contributed by atoms with van der Waals surface area (Å²) in [7, 11) is 0. The third kappa shape index (κ3) is 2.55. The molecule has 108 valence electrons. The zero-order chi connectivity index (χ0) is 14.8. The smallest absolute Gasteiger partial charge is 0.273 e. The molecule has 1 amide bonds. The van der Waals surface area contributed by atoms with Crippen LogP contribution in [0.15, 0.2) is 41.5 Å². The van der Waals surface area contributed by atoms with Crippen molar-refractivity contribution in [3.8, 4) is 11.5 Å². The first-order valence-electron chi connectivity index (χ1n) is 6.34. The highest BCUT2D eigenvalue weighted by atomic mass is 16.7.